The monoisotopic (exact) mass is 307 g/mol. The lowest BCUT2D eigenvalue weighted by molar-refractivity contribution is 0.0697. The van der Waals surface area contributed by atoms with E-state index in [0.29, 0.717) is 13.2 Å². The van der Waals surface area contributed by atoms with Gasteiger partial charge in [-0.25, -0.2) is 4.79 Å². The van der Waals surface area contributed by atoms with Crippen LogP contribution in [0.5, 0.6) is 0 Å². The number of carboxylic acid groups (broad SMARTS) is 1. The molecule has 2 heterocycles. The van der Waals surface area contributed by atoms with Crippen molar-refractivity contribution >= 4 is 32.7 Å². The molecule has 0 aliphatic carbocycles. The second-order valence-electron chi connectivity index (χ2n) is 3.90. The van der Waals surface area contributed by atoms with E-state index in [1.807, 2.05) is 0 Å². The van der Waals surface area contributed by atoms with E-state index in [1.54, 1.807) is 0 Å². The van der Waals surface area contributed by atoms with Gasteiger partial charge in [-0.05, 0) is 18.5 Å². The molecule has 106 valence electrons. The van der Waals surface area contributed by atoms with Gasteiger partial charge < -0.3 is 9.84 Å². The van der Waals surface area contributed by atoms with Crippen LogP contribution in [0.2, 0.25) is 0 Å². The Morgan fingerprint density at radius 2 is 2.11 bits per heavy atom. The number of morpholine rings is 1. The van der Waals surface area contributed by atoms with Gasteiger partial charge in [-0.1, -0.05) is 0 Å². The molecule has 1 fully saturated rings. The zero-order valence-electron chi connectivity index (χ0n) is 10.1. The Kier molecular flexibility index (Phi) is 4.04. The average molecular weight is 307 g/mol. The summed E-state index contributed by atoms with van der Waals surface area (Å²) in [4.78, 5) is 11.1. The number of anilines is 1. The van der Waals surface area contributed by atoms with Gasteiger partial charge in [0.25, 0.3) is 0 Å². The highest BCUT2D eigenvalue weighted by atomic mass is 32.2. The molecule has 0 unspecified atom stereocenters. The number of hydrogen-bond acceptors (Lipinski definition) is 6. The molecule has 2 N–H and O–H groups in total. The van der Waals surface area contributed by atoms with Crippen molar-refractivity contribution in [1.29, 1.82) is 0 Å². The van der Waals surface area contributed by atoms with Crippen LogP contribution in [0, 0.1) is 6.92 Å². The van der Waals surface area contributed by atoms with E-state index in [-0.39, 0.29) is 29.3 Å². The van der Waals surface area contributed by atoms with Crippen molar-refractivity contribution in [3.05, 3.63) is 11.3 Å². The summed E-state index contributed by atoms with van der Waals surface area (Å²) in [7, 11) is -3.77. The van der Waals surface area contributed by atoms with Crippen LogP contribution in [0.3, 0.4) is 0 Å². The third kappa shape index (κ3) is 3.03. The van der Waals surface area contributed by atoms with Crippen LogP contribution in [0.25, 0.3) is 0 Å². The van der Waals surface area contributed by atoms with Gasteiger partial charge >= 0.3 is 16.2 Å². The molecule has 1 aromatic rings. The Labute approximate surface area is 114 Å². The quantitative estimate of drug-likeness (QED) is 0.819. The summed E-state index contributed by atoms with van der Waals surface area (Å²) < 4.78 is 36.6. The lowest BCUT2D eigenvalue weighted by Gasteiger charge is -2.25. The standard InChI is InChI=1S/C9H13N3O5S2/c1-6-7(9(13)14)8(18-10-6)11-19(15,16)12-2-4-17-5-3-12/h11H,2-5H2,1H3,(H,13,14). The third-order valence-corrected chi connectivity index (χ3v) is 5.10. The summed E-state index contributed by atoms with van der Waals surface area (Å²) in [5, 5.41) is 9.07. The van der Waals surface area contributed by atoms with E-state index in [2.05, 4.69) is 9.10 Å². The zero-order valence-corrected chi connectivity index (χ0v) is 11.8. The molecule has 1 aromatic heterocycles. The Bertz CT molecular complexity index is 577. The molecule has 0 spiro atoms. The fourth-order valence-corrected chi connectivity index (χ4v) is 3.87. The normalized spacial score (nSPS) is 17.3. The number of aromatic nitrogens is 1. The van der Waals surface area contributed by atoms with Gasteiger partial charge in [0.1, 0.15) is 10.6 Å². The second-order valence-corrected chi connectivity index (χ2v) is 6.34. The van der Waals surface area contributed by atoms with Crippen LogP contribution in [0.15, 0.2) is 0 Å². The molecule has 0 amide bonds. The van der Waals surface area contributed by atoms with Crippen LogP contribution < -0.4 is 4.72 Å². The average Bonchev–Trinajstić information content (AvgIpc) is 2.71. The summed E-state index contributed by atoms with van der Waals surface area (Å²) >= 11 is 0.816. The number of rotatable bonds is 4. The topological polar surface area (TPSA) is 109 Å². The van der Waals surface area contributed by atoms with Crippen LogP contribution in [-0.2, 0) is 14.9 Å². The van der Waals surface area contributed by atoms with Gasteiger partial charge in [-0.3, -0.25) is 4.72 Å². The van der Waals surface area contributed by atoms with E-state index in [4.69, 9.17) is 9.84 Å². The summed E-state index contributed by atoms with van der Waals surface area (Å²) in [6, 6.07) is 0. The lowest BCUT2D eigenvalue weighted by Crippen LogP contribution is -2.43. The zero-order chi connectivity index (χ0) is 14.0. The van der Waals surface area contributed by atoms with E-state index in [1.165, 1.54) is 11.2 Å². The molecule has 0 radical (unpaired) electrons. The van der Waals surface area contributed by atoms with Crippen molar-refractivity contribution in [2.75, 3.05) is 31.0 Å². The van der Waals surface area contributed by atoms with Gasteiger partial charge in [0.15, 0.2) is 0 Å². The van der Waals surface area contributed by atoms with Crippen molar-refractivity contribution in [3.63, 3.8) is 0 Å². The summed E-state index contributed by atoms with van der Waals surface area (Å²) in [6.45, 7) is 2.67. The first-order valence-corrected chi connectivity index (χ1v) is 7.68. The first-order chi connectivity index (χ1) is 8.92. The molecular weight excluding hydrogens is 294 g/mol. The van der Waals surface area contributed by atoms with Crippen molar-refractivity contribution in [3.8, 4) is 0 Å². The van der Waals surface area contributed by atoms with Crippen molar-refractivity contribution < 1.29 is 23.1 Å². The minimum absolute atomic E-state index is 0.0245. The predicted molar refractivity (Wildman–Crippen MR) is 68.7 cm³/mol. The molecule has 0 saturated carbocycles. The SMILES string of the molecule is Cc1nsc(NS(=O)(=O)N2CCOCC2)c1C(=O)O. The first-order valence-electron chi connectivity index (χ1n) is 5.47. The van der Waals surface area contributed by atoms with Gasteiger partial charge in [-0.2, -0.15) is 17.1 Å². The van der Waals surface area contributed by atoms with Crippen molar-refractivity contribution in [1.82, 2.24) is 8.68 Å². The van der Waals surface area contributed by atoms with Gasteiger partial charge in [0.2, 0.25) is 0 Å². The van der Waals surface area contributed by atoms with Crippen molar-refractivity contribution in [2.45, 2.75) is 6.92 Å². The highest BCUT2D eigenvalue weighted by molar-refractivity contribution is 7.90. The number of carbonyl (C=O) groups is 1. The Morgan fingerprint density at radius 1 is 1.47 bits per heavy atom. The molecular formula is C9H13N3O5S2. The van der Waals surface area contributed by atoms with Crippen molar-refractivity contribution in [2.24, 2.45) is 0 Å². The summed E-state index contributed by atoms with van der Waals surface area (Å²) in [5.41, 5.74) is 0.180. The largest absolute Gasteiger partial charge is 0.478 e. The summed E-state index contributed by atoms with van der Waals surface area (Å²) in [5.74, 6) is -1.20. The van der Waals surface area contributed by atoms with E-state index >= 15 is 0 Å². The van der Waals surface area contributed by atoms with Gasteiger partial charge in [-0.15, -0.1) is 0 Å². The van der Waals surface area contributed by atoms with Crippen LogP contribution >= 0.6 is 11.5 Å². The number of carboxylic acids is 1. The highest BCUT2D eigenvalue weighted by Crippen LogP contribution is 2.26. The molecule has 0 atom stereocenters. The molecule has 10 heteroatoms. The number of nitrogens with one attached hydrogen (secondary N) is 1. The van der Waals surface area contributed by atoms with Crippen LogP contribution in [0.4, 0.5) is 5.00 Å². The maximum Gasteiger partial charge on any atom is 0.340 e. The number of nitrogens with zero attached hydrogens (tertiary/aromatic N) is 2. The Balaban J connectivity index is 2.23. The molecule has 0 bridgehead atoms. The maximum absolute atomic E-state index is 12.1. The molecule has 8 nitrogen and oxygen atoms in total. The maximum atomic E-state index is 12.1. The minimum Gasteiger partial charge on any atom is -0.478 e. The predicted octanol–water partition coefficient (Wildman–Crippen LogP) is 0.139. The third-order valence-electron chi connectivity index (χ3n) is 2.61. The Morgan fingerprint density at radius 3 is 2.68 bits per heavy atom. The van der Waals surface area contributed by atoms with Gasteiger partial charge in [0.05, 0.1) is 18.9 Å². The van der Waals surface area contributed by atoms with Gasteiger partial charge in [0, 0.05) is 13.1 Å². The fourth-order valence-electron chi connectivity index (χ4n) is 1.66. The first kappa shape index (κ1) is 14.2. The fraction of sp³-hybridized carbons (Fsp3) is 0.556. The molecule has 1 aliphatic rings. The second kappa shape index (κ2) is 5.41. The summed E-state index contributed by atoms with van der Waals surface area (Å²) in [6.07, 6.45) is 0. The molecule has 1 saturated heterocycles. The Hall–Kier alpha value is -1.23. The van der Waals surface area contributed by atoms with E-state index in [0.717, 1.165) is 11.5 Å². The van der Waals surface area contributed by atoms with Crippen LogP contribution in [-0.4, -0.2) is 54.5 Å². The van der Waals surface area contributed by atoms with E-state index in [9.17, 15) is 13.2 Å². The molecule has 2 rings (SSSR count). The molecule has 19 heavy (non-hydrogen) atoms. The number of aromatic carboxylic acids is 1. The number of aryl methyl sites for hydroxylation is 1. The van der Waals surface area contributed by atoms with Crippen LogP contribution in [0.1, 0.15) is 16.1 Å². The minimum atomic E-state index is -3.77. The number of ether oxygens (including phenoxy) is 1. The molecule has 1 aliphatic heterocycles. The van der Waals surface area contributed by atoms with E-state index < -0.39 is 16.2 Å². The smallest absolute Gasteiger partial charge is 0.340 e. The lowest BCUT2D eigenvalue weighted by atomic mass is 10.2. The highest BCUT2D eigenvalue weighted by Gasteiger charge is 2.27. The molecule has 0 aromatic carbocycles. The number of hydrogen-bond donors (Lipinski definition) is 2.